The summed E-state index contributed by atoms with van der Waals surface area (Å²) in [5.74, 6) is 0. The fourth-order valence-electron chi connectivity index (χ4n) is 0.189. The molecule has 0 fully saturated rings. The Morgan fingerprint density at radius 1 is 1.58 bits per heavy atom. The molecular formula is C5H3F3N2S2. The van der Waals surface area contributed by atoms with Crippen molar-refractivity contribution in [3.63, 3.8) is 0 Å². The van der Waals surface area contributed by atoms with Crippen molar-refractivity contribution in [2.24, 2.45) is 0 Å². The third-order valence-electron chi connectivity index (χ3n) is 0.685. The molecule has 0 unspecified atom stereocenters. The fraction of sp³-hybridized carbons (Fsp3) is 0.200. The van der Waals surface area contributed by atoms with Crippen LogP contribution >= 0.6 is 24.2 Å². The lowest BCUT2D eigenvalue weighted by molar-refractivity contribution is -0.0833. The van der Waals surface area contributed by atoms with Crippen molar-refractivity contribution < 1.29 is 13.2 Å². The van der Waals surface area contributed by atoms with Crippen LogP contribution in [0.1, 0.15) is 0 Å². The van der Waals surface area contributed by atoms with Gasteiger partial charge >= 0.3 is 6.18 Å². The minimum absolute atomic E-state index is 0.183. The minimum atomic E-state index is -4.47. The molecule has 7 heteroatoms. The summed E-state index contributed by atoms with van der Waals surface area (Å²) < 4.78 is 37.2. The zero-order chi connectivity index (χ0) is 9.78. The summed E-state index contributed by atoms with van der Waals surface area (Å²) in [6.45, 7) is 2.74. The van der Waals surface area contributed by atoms with Crippen LogP contribution in [0.3, 0.4) is 0 Å². The Bertz CT molecular complexity index is 240. The van der Waals surface area contributed by atoms with E-state index in [-0.39, 0.29) is 16.9 Å². The van der Waals surface area contributed by atoms with E-state index in [0.29, 0.717) is 0 Å². The van der Waals surface area contributed by atoms with Crippen LogP contribution in [0.2, 0.25) is 0 Å². The summed E-state index contributed by atoms with van der Waals surface area (Å²) in [7, 11) is 0. The molecule has 1 N–H and O–H groups in total. The summed E-state index contributed by atoms with van der Waals surface area (Å²) in [6.07, 6.45) is -4.47. The largest absolute Gasteiger partial charge is 0.423 e. The highest BCUT2D eigenvalue weighted by molar-refractivity contribution is 8.02. The molecule has 0 aliphatic carbocycles. The quantitative estimate of drug-likeness (QED) is 0.562. The van der Waals surface area contributed by atoms with Gasteiger partial charge in [-0.1, -0.05) is 6.58 Å². The van der Waals surface area contributed by atoms with Gasteiger partial charge in [-0.2, -0.15) is 18.4 Å². The number of hydrogen-bond acceptors (Lipinski definition) is 3. The van der Waals surface area contributed by atoms with Crippen LogP contribution in [0.4, 0.5) is 13.2 Å². The maximum absolute atomic E-state index is 11.7. The first-order valence-corrected chi connectivity index (χ1v) is 3.73. The maximum Gasteiger partial charge on any atom is 0.423 e. The molecule has 0 spiro atoms. The van der Waals surface area contributed by atoms with Crippen LogP contribution in [-0.4, -0.2) is 11.2 Å². The van der Waals surface area contributed by atoms with E-state index in [1.54, 1.807) is 0 Å². The topological polar surface area (TPSA) is 35.8 Å². The number of halogens is 3. The minimum Gasteiger partial charge on any atom is -0.308 e. The molecule has 0 aromatic carbocycles. The second-order valence-corrected chi connectivity index (χ2v) is 2.88. The van der Waals surface area contributed by atoms with Gasteiger partial charge in [-0.05, 0) is 24.2 Å². The number of alkyl halides is 3. The van der Waals surface area contributed by atoms with Crippen LogP contribution in [0.25, 0.3) is 0 Å². The van der Waals surface area contributed by atoms with Crippen LogP contribution in [0.5, 0.6) is 0 Å². The van der Waals surface area contributed by atoms with E-state index in [4.69, 9.17) is 5.26 Å². The molecule has 2 nitrogen and oxygen atoms in total. The van der Waals surface area contributed by atoms with E-state index in [1.807, 2.05) is 4.72 Å². The molecule has 0 saturated carbocycles. The number of nitrogens with one attached hydrogen (secondary N) is 1. The highest BCUT2D eigenvalue weighted by atomic mass is 32.2. The van der Waals surface area contributed by atoms with Crippen LogP contribution < -0.4 is 4.72 Å². The average Bonchev–Trinajstić information content (AvgIpc) is 1.97. The van der Waals surface area contributed by atoms with Gasteiger partial charge in [-0.25, -0.2) is 0 Å². The van der Waals surface area contributed by atoms with Gasteiger partial charge in [-0.3, -0.25) is 0 Å². The number of thiocarbonyl (C=S) groups is 1. The standard InChI is InChI=1S/C5H3F3N2S2/c1-3(5(6,7)8)12-10-4(11)2-9/h1H2,(H,10,11). The Morgan fingerprint density at radius 3 is 2.42 bits per heavy atom. The molecular weight excluding hydrogens is 209 g/mol. The van der Waals surface area contributed by atoms with E-state index in [9.17, 15) is 13.2 Å². The molecule has 66 valence electrons. The Balaban J connectivity index is 3.91. The Kier molecular flexibility index (Phi) is 4.06. The first-order chi connectivity index (χ1) is 5.38. The normalized spacial score (nSPS) is 10.2. The molecule has 0 aromatic heterocycles. The zero-order valence-corrected chi connectivity index (χ0v) is 7.24. The van der Waals surface area contributed by atoms with Gasteiger partial charge in [0.2, 0.25) is 0 Å². The van der Waals surface area contributed by atoms with Crippen LogP contribution in [0, 0.1) is 11.3 Å². The summed E-state index contributed by atoms with van der Waals surface area (Å²) >= 11 is 4.48. The highest BCUT2D eigenvalue weighted by Crippen LogP contribution is 2.30. The third-order valence-corrected chi connectivity index (χ3v) is 1.79. The number of hydrogen-bond donors (Lipinski definition) is 1. The molecule has 0 radical (unpaired) electrons. The zero-order valence-electron chi connectivity index (χ0n) is 5.60. The van der Waals surface area contributed by atoms with Crippen molar-refractivity contribution in [3.05, 3.63) is 11.5 Å². The smallest absolute Gasteiger partial charge is 0.308 e. The summed E-state index contributed by atoms with van der Waals surface area (Å²) in [4.78, 5) is -1.36. The first-order valence-electron chi connectivity index (χ1n) is 2.51. The van der Waals surface area contributed by atoms with E-state index in [2.05, 4.69) is 18.8 Å². The second-order valence-electron chi connectivity index (χ2n) is 1.57. The van der Waals surface area contributed by atoms with E-state index < -0.39 is 11.1 Å². The van der Waals surface area contributed by atoms with E-state index in [1.165, 1.54) is 6.07 Å². The summed E-state index contributed by atoms with van der Waals surface area (Å²) in [5, 5.41) is 8.07. The van der Waals surface area contributed by atoms with Crippen molar-refractivity contribution in [2.75, 3.05) is 0 Å². The van der Waals surface area contributed by atoms with Crippen molar-refractivity contribution in [1.29, 1.82) is 5.26 Å². The monoisotopic (exact) mass is 212 g/mol. The first kappa shape index (κ1) is 11.3. The van der Waals surface area contributed by atoms with Gasteiger partial charge in [0.1, 0.15) is 11.0 Å². The van der Waals surface area contributed by atoms with Gasteiger partial charge in [0.05, 0.1) is 0 Å². The molecule has 0 aliphatic heterocycles. The molecule has 0 bridgehead atoms. The van der Waals surface area contributed by atoms with Gasteiger partial charge in [0.25, 0.3) is 0 Å². The Hall–Kier alpha value is -0.740. The van der Waals surface area contributed by atoms with Crippen molar-refractivity contribution in [2.45, 2.75) is 6.18 Å². The summed E-state index contributed by atoms with van der Waals surface area (Å²) in [5.41, 5.74) is 0. The lowest BCUT2D eigenvalue weighted by Crippen LogP contribution is -2.16. The van der Waals surface area contributed by atoms with Gasteiger partial charge in [-0.15, -0.1) is 0 Å². The highest BCUT2D eigenvalue weighted by Gasteiger charge is 2.32. The lowest BCUT2D eigenvalue weighted by Gasteiger charge is -2.08. The second kappa shape index (κ2) is 4.33. The van der Waals surface area contributed by atoms with E-state index >= 15 is 0 Å². The predicted octanol–water partition coefficient (Wildman–Crippen LogP) is 2.15. The molecule has 0 aliphatic rings. The van der Waals surface area contributed by atoms with Crippen molar-refractivity contribution in [1.82, 2.24) is 4.72 Å². The molecule has 0 aromatic rings. The number of nitrogens with zero attached hydrogens (tertiary/aromatic N) is 1. The SMILES string of the molecule is C=C(SNC(=S)C#N)C(F)(F)F. The van der Waals surface area contributed by atoms with Crippen molar-refractivity contribution >= 4 is 29.2 Å². The number of rotatable bonds is 2. The Morgan fingerprint density at radius 2 is 2.08 bits per heavy atom. The summed E-state index contributed by atoms with van der Waals surface area (Å²) in [6, 6.07) is 1.46. The third kappa shape index (κ3) is 4.20. The Labute approximate surface area is 76.6 Å². The lowest BCUT2D eigenvalue weighted by atomic mass is 10.6. The molecule has 0 atom stereocenters. The van der Waals surface area contributed by atoms with Gasteiger partial charge < -0.3 is 4.72 Å². The average molecular weight is 212 g/mol. The molecule has 0 saturated heterocycles. The van der Waals surface area contributed by atoms with Crippen LogP contribution in [-0.2, 0) is 0 Å². The van der Waals surface area contributed by atoms with Crippen molar-refractivity contribution in [3.8, 4) is 6.07 Å². The molecule has 12 heavy (non-hydrogen) atoms. The number of nitriles is 1. The van der Waals surface area contributed by atoms with Gasteiger partial charge in [0.15, 0.2) is 4.99 Å². The predicted molar refractivity (Wildman–Crippen MR) is 44.1 cm³/mol. The molecule has 0 rings (SSSR count). The number of allylic oxidation sites excluding steroid dienone is 1. The van der Waals surface area contributed by atoms with Crippen LogP contribution in [0.15, 0.2) is 11.5 Å². The fourth-order valence-corrected chi connectivity index (χ4v) is 0.691. The van der Waals surface area contributed by atoms with E-state index in [0.717, 1.165) is 0 Å². The van der Waals surface area contributed by atoms with Gasteiger partial charge in [0, 0.05) is 0 Å². The molecule has 0 heterocycles. The maximum atomic E-state index is 11.7. The molecule has 0 amide bonds.